The van der Waals surface area contributed by atoms with E-state index in [4.69, 9.17) is 0 Å². The number of aryl methyl sites for hydroxylation is 2. The van der Waals surface area contributed by atoms with Gasteiger partial charge in [0, 0.05) is 33.3 Å². The number of phenols is 2. The minimum atomic E-state index is -4.55. The molecule has 15 nitrogen and oxygen atoms in total. The summed E-state index contributed by atoms with van der Waals surface area (Å²) in [7, 11) is -9.11. The maximum atomic E-state index is 13.2. The fourth-order valence-electron chi connectivity index (χ4n) is 5.70. The number of phenolic OH excluding ortho intramolecular Hbond substituents is 2. The Bertz CT molecular complexity index is 2600. The van der Waals surface area contributed by atoms with Gasteiger partial charge in [0.2, 0.25) is 0 Å². The predicted molar refractivity (Wildman–Crippen MR) is 202 cm³/mol. The van der Waals surface area contributed by atoms with E-state index in [2.05, 4.69) is 21.3 Å². The van der Waals surface area contributed by atoms with Crippen LogP contribution in [0.2, 0.25) is 0 Å². The van der Waals surface area contributed by atoms with Gasteiger partial charge in [0.05, 0.1) is 21.2 Å². The highest BCUT2D eigenvalue weighted by molar-refractivity contribution is 7.86. The van der Waals surface area contributed by atoms with Gasteiger partial charge < -0.3 is 31.5 Å². The Morgan fingerprint density at radius 2 is 0.870 bits per heavy atom. The second-order valence-corrected chi connectivity index (χ2v) is 15.0. The quantitative estimate of drug-likeness (QED) is 0.0600. The van der Waals surface area contributed by atoms with Gasteiger partial charge in [-0.1, -0.05) is 24.3 Å². The van der Waals surface area contributed by atoms with Crippen LogP contribution in [0.5, 0.6) is 11.5 Å². The molecule has 0 bridgehead atoms. The minimum absolute atomic E-state index is 0.0675. The van der Waals surface area contributed by atoms with Crippen molar-refractivity contribution in [3.8, 4) is 11.5 Å². The van der Waals surface area contributed by atoms with E-state index in [1.54, 1.807) is 13.8 Å². The van der Waals surface area contributed by atoms with Gasteiger partial charge in [-0.05, 0) is 109 Å². The summed E-state index contributed by atoms with van der Waals surface area (Å²) in [6.45, 7) is 3.30. The third kappa shape index (κ3) is 7.79. The fraction of sp³-hybridized carbons (Fsp3) is 0.0541. The highest BCUT2D eigenvalue weighted by Crippen LogP contribution is 2.36. The maximum absolute atomic E-state index is 13.2. The molecule has 0 unspecified atom stereocenters. The van der Waals surface area contributed by atoms with Crippen LogP contribution in [-0.4, -0.2) is 54.0 Å². The largest absolute Gasteiger partial charge is 0.506 e. The Morgan fingerprint density at radius 3 is 1.22 bits per heavy atom. The number of amides is 4. The van der Waals surface area contributed by atoms with Crippen molar-refractivity contribution in [3.05, 3.63) is 119 Å². The Labute approximate surface area is 307 Å². The standard InChI is InChI=1S/C37H30N4O11S2/c1-19-15-23(35(44)40-33-27-17-25(53(47,48)49)9-3-21(27)7-13-31(33)42)5-11-29(19)38-37(46)39-30-12-6-24(16-20(30)2)36(45)41-34-28-18-26(54(50,51)52)10-4-22(28)8-14-32(34)43/h3-18,42-43H,1-2H3,(H,40,44)(H,41,45)(H2,38,39,46)(H,47,48,49)(H,50,51,52). The molecule has 0 fully saturated rings. The molecule has 0 aliphatic carbocycles. The van der Waals surface area contributed by atoms with E-state index in [9.17, 15) is 50.5 Å². The van der Waals surface area contributed by atoms with E-state index in [1.807, 2.05) is 0 Å². The van der Waals surface area contributed by atoms with Crippen LogP contribution in [-0.2, 0) is 20.2 Å². The average molecular weight is 771 g/mol. The summed E-state index contributed by atoms with van der Waals surface area (Å²) in [5.41, 5.74) is 1.88. The molecule has 276 valence electrons. The number of hydrogen-bond donors (Lipinski definition) is 8. The Hall–Kier alpha value is -6.53. The van der Waals surface area contributed by atoms with Gasteiger partial charge in [-0.25, -0.2) is 4.79 Å². The summed E-state index contributed by atoms with van der Waals surface area (Å²) >= 11 is 0. The van der Waals surface area contributed by atoms with Gasteiger partial charge in [-0.15, -0.1) is 0 Å². The van der Waals surface area contributed by atoms with Crippen LogP contribution in [0.3, 0.4) is 0 Å². The Kier molecular flexibility index (Phi) is 9.74. The molecule has 54 heavy (non-hydrogen) atoms. The molecular formula is C37H30N4O11S2. The van der Waals surface area contributed by atoms with Gasteiger partial charge in [0.1, 0.15) is 11.5 Å². The van der Waals surface area contributed by atoms with E-state index in [0.717, 1.165) is 12.1 Å². The Balaban J connectivity index is 1.14. The summed E-state index contributed by atoms with van der Waals surface area (Å²) in [5, 5.41) is 32.8. The van der Waals surface area contributed by atoms with Crippen molar-refractivity contribution < 1.29 is 50.5 Å². The normalized spacial score (nSPS) is 11.6. The molecular weight excluding hydrogens is 741 g/mol. The lowest BCUT2D eigenvalue weighted by atomic mass is 10.1. The topological polar surface area (TPSA) is 249 Å². The van der Waals surface area contributed by atoms with Crippen LogP contribution in [0.4, 0.5) is 27.5 Å². The summed E-state index contributed by atoms with van der Waals surface area (Å²) in [5.74, 6) is -1.96. The van der Waals surface area contributed by atoms with Crippen LogP contribution < -0.4 is 21.3 Å². The van der Waals surface area contributed by atoms with Crippen LogP contribution in [0.25, 0.3) is 21.5 Å². The molecule has 0 heterocycles. The van der Waals surface area contributed by atoms with Crippen molar-refractivity contribution in [2.75, 3.05) is 21.3 Å². The lowest BCUT2D eigenvalue weighted by molar-refractivity contribution is 0.101. The van der Waals surface area contributed by atoms with Gasteiger partial charge in [-0.3, -0.25) is 18.7 Å². The van der Waals surface area contributed by atoms with E-state index >= 15 is 0 Å². The average Bonchev–Trinajstić information content (AvgIpc) is 3.11. The number of urea groups is 1. The molecule has 0 radical (unpaired) electrons. The molecule has 0 atom stereocenters. The highest BCUT2D eigenvalue weighted by atomic mass is 32.2. The van der Waals surface area contributed by atoms with Crippen LogP contribution in [0.15, 0.2) is 107 Å². The zero-order chi connectivity index (χ0) is 39.1. The van der Waals surface area contributed by atoms with Gasteiger partial charge >= 0.3 is 6.03 Å². The predicted octanol–water partition coefficient (Wildman–Crippen LogP) is 6.66. The second-order valence-electron chi connectivity index (χ2n) is 12.2. The number of fused-ring (bicyclic) bond motifs is 2. The first-order valence-corrected chi connectivity index (χ1v) is 18.7. The number of carbonyl (C=O) groups excluding carboxylic acids is 3. The number of carbonyl (C=O) groups is 3. The first kappa shape index (κ1) is 37.2. The third-order valence-corrected chi connectivity index (χ3v) is 10.2. The van der Waals surface area contributed by atoms with Crippen molar-refractivity contribution in [2.24, 2.45) is 0 Å². The lowest BCUT2D eigenvalue weighted by Crippen LogP contribution is -2.21. The molecule has 8 N–H and O–H groups in total. The molecule has 0 aromatic heterocycles. The van der Waals surface area contributed by atoms with Crippen LogP contribution in [0, 0.1) is 13.8 Å². The number of nitrogens with one attached hydrogen (secondary N) is 4. The lowest BCUT2D eigenvalue weighted by Gasteiger charge is -2.15. The number of aromatic hydroxyl groups is 2. The summed E-state index contributed by atoms with van der Waals surface area (Å²) in [6, 6.07) is 21.4. The second kappa shape index (κ2) is 14.1. The molecule has 0 aliphatic rings. The van der Waals surface area contributed by atoms with E-state index in [1.165, 1.54) is 84.9 Å². The van der Waals surface area contributed by atoms with E-state index in [-0.39, 0.29) is 44.8 Å². The maximum Gasteiger partial charge on any atom is 0.323 e. The van der Waals surface area contributed by atoms with Crippen molar-refractivity contribution in [2.45, 2.75) is 23.6 Å². The van der Waals surface area contributed by atoms with Crippen LogP contribution >= 0.6 is 0 Å². The number of benzene rings is 6. The first-order valence-electron chi connectivity index (χ1n) is 15.8. The van der Waals surface area contributed by atoms with E-state index < -0.39 is 47.9 Å². The molecule has 0 aliphatic heterocycles. The molecule has 0 saturated carbocycles. The monoisotopic (exact) mass is 770 g/mol. The molecule has 6 aromatic carbocycles. The van der Waals surface area contributed by atoms with Crippen molar-refractivity contribution in [3.63, 3.8) is 0 Å². The SMILES string of the molecule is Cc1cc(C(=O)Nc2c(O)ccc3ccc(S(=O)(=O)O)cc23)ccc1NC(=O)Nc1ccc(C(=O)Nc2c(O)ccc3ccc(S(=O)(=O)O)cc23)cc1C. The highest BCUT2D eigenvalue weighted by Gasteiger charge is 2.19. The zero-order valence-electron chi connectivity index (χ0n) is 28.2. The summed E-state index contributed by atoms with van der Waals surface area (Å²) in [4.78, 5) is 38.5. The number of anilines is 4. The molecule has 6 aromatic rings. The molecule has 6 rings (SSSR count). The molecule has 17 heteroatoms. The molecule has 4 amide bonds. The van der Waals surface area contributed by atoms with Crippen molar-refractivity contribution in [1.82, 2.24) is 0 Å². The van der Waals surface area contributed by atoms with Crippen molar-refractivity contribution >= 4 is 82.4 Å². The van der Waals surface area contributed by atoms with Gasteiger partial charge in [-0.2, -0.15) is 16.8 Å². The van der Waals surface area contributed by atoms with Gasteiger partial charge in [0.25, 0.3) is 32.1 Å². The smallest absolute Gasteiger partial charge is 0.323 e. The first-order chi connectivity index (χ1) is 25.4. The zero-order valence-corrected chi connectivity index (χ0v) is 29.8. The Morgan fingerprint density at radius 1 is 0.500 bits per heavy atom. The molecule has 0 spiro atoms. The number of hydrogen-bond acceptors (Lipinski definition) is 9. The van der Waals surface area contributed by atoms with Crippen molar-refractivity contribution in [1.29, 1.82) is 0 Å². The minimum Gasteiger partial charge on any atom is -0.506 e. The van der Waals surface area contributed by atoms with E-state index in [0.29, 0.717) is 33.3 Å². The van der Waals surface area contributed by atoms with Gasteiger partial charge in [0.15, 0.2) is 0 Å². The summed E-state index contributed by atoms with van der Waals surface area (Å²) in [6.07, 6.45) is 0. The fourth-order valence-corrected chi connectivity index (χ4v) is 6.71. The molecule has 0 saturated heterocycles. The third-order valence-electron chi connectivity index (χ3n) is 8.49. The number of rotatable bonds is 8. The summed E-state index contributed by atoms with van der Waals surface area (Å²) < 4.78 is 65.6. The van der Waals surface area contributed by atoms with Crippen LogP contribution in [0.1, 0.15) is 31.8 Å².